The van der Waals surface area contributed by atoms with E-state index < -0.39 is 0 Å². The molecule has 0 spiro atoms. The molecule has 1 aliphatic heterocycles. The summed E-state index contributed by atoms with van der Waals surface area (Å²) in [5, 5.41) is 3.21. The maximum Gasteiger partial charge on any atom is 0.188 e. The summed E-state index contributed by atoms with van der Waals surface area (Å²) in [7, 11) is 0. The van der Waals surface area contributed by atoms with Gasteiger partial charge in [0.1, 0.15) is 0 Å². The zero-order valence-corrected chi connectivity index (χ0v) is 13.2. The Morgan fingerprint density at radius 1 is 1.21 bits per heavy atom. The molecule has 1 heterocycles. The Morgan fingerprint density at radius 3 is 2.37 bits per heavy atom. The van der Waals surface area contributed by atoms with Gasteiger partial charge in [0, 0.05) is 12.6 Å². The van der Waals surface area contributed by atoms with Gasteiger partial charge in [-0.05, 0) is 44.2 Å². The van der Waals surface area contributed by atoms with Crippen molar-refractivity contribution in [3.8, 4) is 0 Å². The van der Waals surface area contributed by atoms with Crippen molar-refractivity contribution in [3.63, 3.8) is 0 Å². The van der Waals surface area contributed by atoms with E-state index in [2.05, 4.69) is 42.9 Å². The molecule has 1 atom stereocenters. The van der Waals surface area contributed by atoms with Crippen molar-refractivity contribution in [3.05, 3.63) is 0 Å². The van der Waals surface area contributed by atoms with Crippen LogP contribution < -0.4 is 11.1 Å². The number of hydrogen-bond donors (Lipinski definition) is 2. The third kappa shape index (κ3) is 6.28. The van der Waals surface area contributed by atoms with Gasteiger partial charge in [-0.25, -0.2) is 0 Å². The predicted octanol–water partition coefficient (Wildman–Crippen LogP) is 2.06. The van der Waals surface area contributed by atoms with Gasteiger partial charge >= 0.3 is 0 Å². The first-order valence-electron chi connectivity index (χ1n) is 7.78. The second-order valence-electron chi connectivity index (χ2n) is 6.39. The number of nitrogens with one attached hydrogen (secondary N) is 1. The normalized spacial score (nSPS) is 19.4. The van der Waals surface area contributed by atoms with Crippen molar-refractivity contribution in [2.75, 3.05) is 26.2 Å². The molecular weight excluding hydrogens is 236 g/mol. The molecule has 1 aliphatic rings. The van der Waals surface area contributed by atoms with Crippen molar-refractivity contribution in [2.24, 2.45) is 22.6 Å². The lowest BCUT2D eigenvalue weighted by molar-refractivity contribution is 0.197. The quantitative estimate of drug-likeness (QED) is 0.549. The largest absolute Gasteiger partial charge is 0.370 e. The van der Waals surface area contributed by atoms with Crippen LogP contribution in [0.5, 0.6) is 0 Å². The molecule has 1 unspecified atom stereocenters. The number of hydrogen-bond acceptors (Lipinski definition) is 2. The third-order valence-electron chi connectivity index (χ3n) is 3.86. The third-order valence-corrected chi connectivity index (χ3v) is 3.86. The Bertz CT molecular complexity index is 267. The summed E-state index contributed by atoms with van der Waals surface area (Å²) in [6.45, 7) is 13.2. The summed E-state index contributed by atoms with van der Waals surface area (Å²) in [6.07, 6.45) is 3.79. The molecule has 1 fully saturated rings. The summed E-state index contributed by atoms with van der Waals surface area (Å²) in [6, 6.07) is 0.535. The highest BCUT2D eigenvalue weighted by Crippen LogP contribution is 2.17. The van der Waals surface area contributed by atoms with Crippen molar-refractivity contribution < 1.29 is 0 Å². The van der Waals surface area contributed by atoms with Crippen LogP contribution in [0.25, 0.3) is 0 Å². The van der Waals surface area contributed by atoms with Crippen molar-refractivity contribution in [1.29, 1.82) is 0 Å². The monoisotopic (exact) mass is 268 g/mol. The zero-order valence-electron chi connectivity index (χ0n) is 13.2. The van der Waals surface area contributed by atoms with Gasteiger partial charge in [0.15, 0.2) is 5.96 Å². The van der Waals surface area contributed by atoms with Crippen LogP contribution in [0.1, 0.15) is 47.0 Å². The van der Waals surface area contributed by atoms with Gasteiger partial charge in [-0.1, -0.05) is 27.7 Å². The Morgan fingerprint density at radius 2 is 1.84 bits per heavy atom. The first-order valence-corrected chi connectivity index (χ1v) is 7.78. The van der Waals surface area contributed by atoms with E-state index in [9.17, 15) is 0 Å². The predicted molar refractivity (Wildman–Crippen MR) is 83.4 cm³/mol. The minimum absolute atomic E-state index is 0.535. The highest BCUT2D eigenvalue weighted by Gasteiger charge is 2.24. The minimum Gasteiger partial charge on any atom is -0.370 e. The average Bonchev–Trinajstić information content (AvgIpc) is 2.82. The van der Waals surface area contributed by atoms with Crippen molar-refractivity contribution >= 4 is 5.96 Å². The number of likely N-dealkylation sites (tertiary alicyclic amines) is 1. The van der Waals surface area contributed by atoms with Crippen LogP contribution in [0.15, 0.2) is 4.99 Å². The lowest BCUT2D eigenvalue weighted by atomic mass is 10.0. The van der Waals surface area contributed by atoms with Gasteiger partial charge in [0.05, 0.1) is 6.54 Å². The molecule has 0 bridgehead atoms. The van der Waals surface area contributed by atoms with Crippen LogP contribution >= 0.6 is 0 Å². The fourth-order valence-electron chi connectivity index (χ4n) is 2.56. The number of guanidine groups is 1. The smallest absolute Gasteiger partial charge is 0.188 e. The molecule has 0 aromatic carbocycles. The number of aliphatic imine (C=N–C) groups is 1. The van der Waals surface area contributed by atoms with E-state index >= 15 is 0 Å². The SMILES string of the molecule is CC(C)CCNC(N)=NCC(C(C)C)N1CCCC1. The first kappa shape index (κ1) is 16.3. The molecule has 1 rings (SSSR count). The second-order valence-corrected chi connectivity index (χ2v) is 6.39. The fourth-order valence-corrected chi connectivity index (χ4v) is 2.56. The van der Waals surface area contributed by atoms with E-state index in [1.165, 1.54) is 25.9 Å². The lowest BCUT2D eigenvalue weighted by Crippen LogP contribution is -2.41. The summed E-state index contributed by atoms with van der Waals surface area (Å²) >= 11 is 0. The lowest BCUT2D eigenvalue weighted by Gasteiger charge is -2.29. The fraction of sp³-hybridized carbons (Fsp3) is 0.933. The Labute approximate surface area is 118 Å². The van der Waals surface area contributed by atoms with Crippen LogP contribution in [0.4, 0.5) is 0 Å². The van der Waals surface area contributed by atoms with Crippen LogP contribution in [0, 0.1) is 11.8 Å². The molecule has 0 saturated carbocycles. The van der Waals surface area contributed by atoms with Crippen LogP contribution in [-0.4, -0.2) is 43.1 Å². The molecule has 0 aromatic heterocycles. The first-order chi connectivity index (χ1) is 9.00. The van der Waals surface area contributed by atoms with Gasteiger partial charge in [-0.15, -0.1) is 0 Å². The zero-order chi connectivity index (χ0) is 14.3. The highest BCUT2D eigenvalue weighted by molar-refractivity contribution is 5.77. The molecule has 112 valence electrons. The molecule has 0 radical (unpaired) electrons. The van der Waals surface area contributed by atoms with Gasteiger partial charge in [0.25, 0.3) is 0 Å². The molecule has 19 heavy (non-hydrogen) atoms. The van der Waals surface area contributed by atoms with E-state index in [4.69, 9.17) is 5.73 Å². The summed E-state index contributed by atoms with van der Waals surface area (Å²) < 4.78 is 0. The molecule has 1 saturated heterocycles. The van der Waals surface area contributed by atoms with Crippen LogP contribution in [0.2, 0.25) is 0 Å². The van der Waals surface area contributed by atoms with Gasteiger partial charge in [-0.3, -0.25) is 9.89 Å². The van der Waals surface area contributed by atoms with Gasteiger partial charge in [-0.2, -0.15) is 0 Å². The Hall–Kier alpha value is -0.770. The topological polar surface area (TPSA) is 53.6 Å². The van der Waals surface area contributed by atoms with E-state index in [0.717, 1.165) is 19.5 Å². The maximum absolute atomic E-state index is 5.93. The van der Waals surface area contributed by atoms with Crippen LogP contribution in [0.3, 0.4) is 0 Å². The number of rotatable bonds is 7. The van der Waals surface area contributed by atoms with Crippen LogP contribution in [-0.2, 0) is 0 Å². The van der Waals surface area contributed by atoms with Crippen molar-refractivity contribution in [2.45, 2.75) is 53.0 Å². The summed E-state index contributed by atoms with van der Waals surface area (Å²) in [5.74, 6) is 1.93. The Kier molecular flexibility index (Phi) is 7.21. The second kappa shape index (κ2) is 8.41. The van der Waals surface area contributed by atoms with E-state index in [1.54, 1.807) is 0 Å². The summed E-state index contributed by atoms with van der Waals surface area (Å²) in [5.41, 5.74) is 5.93. The summed E-state index contributed by atoms with van der Waals surface area (Å²) in [4.78, 5) is 7.09. The number of nitrogens with two attached hydrogens (primary N) is 1. The van der Waals surface area contributed by atoms with E-state index in [-0.39, 0.29) is 0 Å². The number of nitrogens with zero attached hydrogens (tertiary/aromatic N) is 2. The molecule has 4 nitrogen and oxygen atoms in total. The molecule has 0 amide bonds. The maximum atomic E-state index is 5.93. The molecular formula is C15H32N4. The standard InChI is InChI=1S/C15H32N4/c1-12(2)7-8-17-15(16)18-11-14(13(3)4)19-9-5-6-10-19/h12-14H,5-11H2,1-4H3,(H3,16,17,18). The van der Waals surface area contributed by atoms with E-state index in [0.29, 0.717) is 23.8 Å². The average molecular weight is 268 g/mol. The van der Waals surface area contributed by atoms with Crippen molar-refractivity contribution in [1.82, 2.24) is 10.2 Å². The van der Waals surface area contributed by atoms with Gasteiger partial charge < -0.3 is 11.1 Å². The molecule has 0 aliphatic carbocycles. The molecule has 3 N–H and O–H groups in total. The molecule has 4 heteroatoms. The van der Waals surface area contributed by atoms with Gasteiger partial charge in [0.2, 0.25) is 0 Å². The van der Waals surface area contributed by atoms with E-state index in [1.807, 2.05) is 0 Å². The highest BCUT2D eigenvalue weighted by atomic mass is 15.2. The Balaban J connectivity index is 2.36. The molecule has 0 aromatic rings. The minimum atomic E-state index is 0.535.